The zero-order valence-corrected chi connectivity index (χ0v) is 17.4. The molecular formula is C21H19ClN4OS. The molecule has 0 bridgehead atoms. The van der Waals surface area contributed by atoms with Crippen LogP contribution in [-0.4, -0.2) is 27.3 Å². The van der Waals surface area contributed by atoms with Crippen molar-refractivity contribution in [3.63, 3.8) is 0 Å². The molecule has 0 aliphatic carbocycles. The number of nitrogens with zero attached hydrogens (tertiary/aromatic N) is 3. The normalized spacial score (nSPS) is 11.1. The van der Waals surface area contributed by atoms with E-state index in [2.05, 4.69) is 52.2 Å². The molecule has 2 heterocycles. The lowest BCUT2D eigenvalue weighted by Gasteiger charge is -2.08. The monoisotopic (exact) mass is 410 g/mol. The van der Waals surface area contributed by atoms with Crippen molar-refractivity contribution in [2.75, 3.05) is 7.11 Å². The van der Waals surface area contributed by atoms with Crippen LogP contribution in [0.5, 0.6) is 5.75 Å². The largest absolute Gasteiger partial charge is 0.497 e. The highest BCUT2D eigenvalue weighted by molar-refractivity contribution is 7.98. The average molecular weight is 411 g/mol. The molecule has 0 unspecified atom stereocenters. The molecule has 4 rings (SSSR count). The van der Waals surface area contributed by atoms with Gasteiger partial charge in [-0.15, -0.1) is 5.10 Å². The quantitative estimate of drug-likeness (QED) is 0.343. The molecule has 28 heavy (non-hydrogen) atoms. The molecule has 0 radical (unpaired) electrons. The summed E-state index contributed by atoms with van der Waals surface area (Å²) in [6, 6.07) is 14.0. The first-order chi connectivity index (χ1) is 13.5. The van der Waals surface area contributed by atoms with E-state index >= 15 is 0 Å². The number of rotatable bonds is 5. The van der Waals surface area contributed by atoms with Crippen LogP contribution in [0.3, 0.4) is 0 Å². The van der Waals surface area contributed by atoms with Crippen LogP contribution in [0.15, 0.2) is 47.6 Å². The van der Waals surface area contributed by atoms with Crippen LogP contribution < -0.4 is 4.74 Å². The van der Waals surface area contributed by atoms with E-state index in [0.717, 1.165) is 39.2 Å². The molecule has 0 amide bonds. The van der Waals surface area contributed by atoms with Gasteiger partial charge in [-0.25, -0.2) is 9.97 Å². The molecule has 0 saturated heterocycles. The van der Waals surface area contributed by atoms with Gasteiger partial charge in [-0.2, -0.15) is 0 Å². The van der Waals surface area contributed by atoms with Crippen LogP contribution in [0.25, 0.3) is 22.3 Å². The van der Waals surface area contributed by atoms with E-state index in [1.165, 1.54) is 17.3 Å². The second-order valence-electron chi connectivity index (χ2n) is 6.50. The molecule has 1 N–H and O–H groups in total. The maximum atomic E-state index is 6.44. The van der Waals surface area contributed by atoms with E-state index in [-0.39, 0.29) is 0 Å². The second kappa shape index (κ2) is 7.81. The number of thioether (sulfide) groups is 1. The first kappa shape index (κ1) is 18.8. The Morgan fingerprint density at radius 1 is 1.07 bits per heavy atom. The topological polar surface area (TPSA) is 63.7 Å². The summed E-state index contributed by atoms with van der Waals surface area (Å²) < 4.78 is 5.18. The number of benzene rings is 2. The van der Waals surface area contributed by atoms with E-state index in [4.69, 9.17) is 16.3 Å². The van der Waals surface area contributed by atoms with Gasteiger partial charge >= 0.3 is 0 Å². The Labute approximate surface area is 172 Å². The number of H-pyrrole nitrogens is 1. The summed E-state index contributed by atoms with van der Waals surface area (Å²) in [6.45, 7) is 4.15. The third-order valence-electron chi connectivity index (χ3n) is 4.72. The van der Waals surface area contributed by atoms with Gasteiger partial charge in [0.25, 0.3) is 0 Å². The van der Waals surface area contributed by atoms with E-state index in [9.17, 15) is 0 Å². The third-order valence-corrected chi connectivity index (χ3v) is 5.95. The number of hydrogen-bond acceptors (Lipinski definition) is 5. The first-order valence-electron chi connectivity index (χ1n) is 8.80. The van der Waals surface area contributed by atoms with E-state index in [0.29, 0.717) is 16.1 Å². The lowest BCUT2D eigenvalue weighted by Crippen LogP contribution is -1.93. The molecule has 2 aromatic carbocycles. The average Bonchev–Trinajstić information content (AvgIpc) is 3.19. The van der Waals surface area contributed by atoms with Gasteiger partial charge in [0.05, 0.1) is 12.6 Å². The van der Waals surface area contributed by atoms with Crippen LogP contribution in [0.1, 0.15) is 16.7 Å². The Bertz CT molecular complexity index is 1140. The summed E-state index contributed by atoms with van der Waals surface area (Å²) >= 11 is 7.96. The van der Waals surface area contributed by atoms with Gasteiger partial charge in [0.15, 0.2) is 5.82 Å². The van der Waals surface area contributed by atoms with E-state index in [1.807, 2.05) is 24.3 Å². The Hall–Kier alpha value is -2.57. The minimum Gasteiger partial charge on any atom is -0.497 e. The van der Waals surface area contributed by atoms with Gasteiger partial charge in [0, 0.05) is 22.3 Å². The van der Waals surface area contributed by atoms with Gasteiger partial charge in [-0.1, -0.05) is 35.5 Å². The summed E-state index contributed by atoms with van der Waals surface area (Å²) in [5, 5.41) is 9.57. The van der Waals surface area contributed by atoms with Crippen molar-refractivity contribution in [2.45, 2.75) is 24.8 Å². The number of fused-ring (bicyclic) bond motifs is 1. The van der Waals surface area contributed by atoms with E-state index in [1.54, 1.807) is 7.11 Å². The predicted molar refractivity (Wildman–Crippen MR) is 114 cm³/mol. The van der Waals surface area contributed by atoms with Crippen LogP contribution in [0.4, 0.5) is 0 Å². The standard InChI is InChI=1S/C21H19ClN4OS/c1-12-4-5-15-10-16(19(22)23-18(15)13(12)2)11-28-21-24-20(25-26-21)14-6-8-17(27-3)9-7-14/h4-10H,11H2,1-3H3,(H,24,25,26). The molecule has 5 nitrogen and oxygen atoms in total. The van der Waals surface area contributed by atoms with Crippen molar-refractivity contribution in [1.29, 1.82) is 0 Å². The highest BCUT2D eigenvalue weighted by Gasteiger charge is 2.11. The third kappa shape index (κ3) is 3.70. The number of aromatic amines is 1. The molecule has 0 aliphatic rings. The van der Waals surface area contributed by atoms with Crippen molar-refractivity contribution in [3.8, 4) is 17.1 Å². The van der Waals surface area contributed by atoms with Crippen LogP contribution >= 0.6 is 23.4 Å². The molecular weight excluding hydrogens is 392 g/mol. The minimum atomic E-state index is 0.527. The number of pyridine rings is 1. The fraction of sp³-hybridized carbons (Fsp3) is 0.190. The second-order valence-corrected chi connectivity index (χ2v) is 7.80. The summed E-state index contributed by atoms with van der Waals surface area (Å²) in [4.78, 5) is 9.17. The lowest BCUT2D eigenvalue weighted by atomic mass is 10.0. The van der Waals surface area contributed by atoms with Crippen LogP contribution in [0.2, 0.25) is 5.15 Å². The zero-order valence-electron chi connectivity index (χ0n) is 15.8. The van der Waals surface area contributed by atoms with E-state index < -0.39 is 0 Å². The van der Waals surface area contributed by atoms with Gasteiger partial charge in [0.1, 0.15) is 10.9 Å². The molecule has 0 atom stereocenters. The molecule has 7 heteroatoms. The maximum absolute atomic E-state index is 6.44. The number of methoxy groups -OCH3 is 1. The fourth-order valence-electron chi connectivity index (χ4n) is 2.94. The molecule has 4 aromatic rings. The SMILES string of the molecule is COc1ccc(-c2nc(SCc3cc4ccc(C)c(C)c4nc3Cl)n[nH]2)cc1. The van der Waals surface area contributed by atoms with Crippen molar-refractivity contribution in [2.24, 2.45) is 0 Å². The van der Waals surface area contributed by atoms with Gasteiger partial charge in [-0.3, -0.25) is 5.10 Å². The van der Waals surface area contributed by atoms with Gasteiger partial charge in [0.2, 0.25) is 5.16 Å². The van der Waals surface area contributed by atoms with Crippen molar-refractivity contribution < 1.29 is 4.74 Å². The summed E-state index contributed by atoms with van der Waals surface area (Å²) in [7, 11) is 1.65. The number of aryl methyl sites for hydroxylation is 2. The van der Waals surface area contributed by atoms with Crippen LogP contribution in [0, 0.1) is 13.8 Å². The molecule has 0 spiro atoms. The number of aromatic nitrogens is 4. The Morgan fingerprint density at radius 3 is 2.61 bits per heavy atom. The minimum absolute atomic E-state index is 0.527. The smallest absolute Gasteiger partial charge is 0.209 e. The molecule has 2 aromatic heterocycles. The first-order valence-corrected chi connectivity index (χ1v) is 10.2. The molecule has 0 aliphatic heterocycles. The van der Waals surface area contributed by atoms with Crippen molar-refractivity contribution in [3.05, 3.63) is 64.3 Å². The number of halogens is 1. The van der Waals surface area contributed by atoms with Crippen LogP contribution in [-0.2, 0) is 5.75 Å². The van der Waals surface area contributed by atoms with Gasteiger partial charge in [-0.05, 0) is 55.3 Å². The number of ether oxygens (including phenoxy) is 1. The predicted octanol–water partition coefficient (Wildman–Crippen LogP) is 5.59. The summed E-state index contributed by atoms with van der Waals surface area (Å²) in [6.07, 6.45) is 0. The summed E-state index contributed by atoms with van der Waals surface area (Å²) in [5.41, 5.74) is 5.26. The molecule has 142 valence electrons. The highest BCUT2D eigenvalue weighted by atomic mass is 35.5. The Balaban J connectivity index is 1.52. The number of nitrogens with one attached hydrogen (secondary N) is 1. The summed E-state index contributed by atoms with van der Waals surface area (Å²) in [5.74, 6) is 2.18. The Kier molecular flexibility index (Phi) is 5.24. The molecule has 0 fully saturated rings. The van der Waals surface area contributed by atoms with Crippen molar-refractivity contribution >= 4 is 34.3 Å². The maximum Gasteiger partial charge on any atom is 0.209 e. The van der Waals surface area contributed by atoms with Crippen molar-refractivity contribution in [1.82, 2.24) is 20.2 Å². The molecule has 0 saturated carbocycles. The highest BCUT2D eigenvalue weighted by Crippen LogP contribution is 2.29. The lowest BCUT2D eigenvalue weighted by molar-refractivity contribution is 0.415. The Morgan fingerprint density at radius 2 is 1.86 bits per heavy atom. The zero-order chi connectivity index (χ0) is 19.7. The fourth-order valence-corrected chi connectivity index (χ4v) is 3.99. The van der Waals surface area contributed by atoms with Gasteiger partial charge < -0.3 is 4.74 Å². The number of hydrogen-bond donors (Lipinski definition) is 1.